The lowest BCUT2D eigenvalue weighted by atomic mass is 9.86. The van der Waals surface area contributed by atoms with E-state index >= 15 is 0 Å². The Labute approximate surface area is 194 Å². The summed E-state index contributed by atoms with van der Waals surface area (Å²) in [5, 5.41) is 14.8. The number of nitro groups is 1. The molecule has 2 rings (SSSR count). The van der Waals surface area contributed by atoms with Crippen LogP contribution in [0.5, 0.6) is 0 Å². The van der Waals surface area contributed by atoms with E-state index < -0.39 is 24.4 Å². The Balaban J connectivity index is 2.83. The number of ether oxygens (including phenoxy) is 1. The first-order chi connectivity index (χ1) is 15.5. The summed E-state index contributed by atoms with van der Waals surface area (Å²) >= 11 is 0. The van der Waals surface area contributed by atoms with Gasteiger partial charge in [0.05, 0.1) is 41.0 Å². The normalized spacial score (nSPS) is 20.0. The molecule has 1 aromatic carbocycles. The van der Waals surface area contributed by atoms with Crippen molar-refractivity contribution in [2.45, 2.75) is 72.5 Å². The van der Waals surface area contributed by atoms with Crippen molar-refractivity contribution in [3.8, 4) is 0 Å². The van der Waals surface area contributed by atoms with Crippen molar-refractivity contribution in [2.24, 2.45) is 0 Å². The topological polar surface area (TPSA) is 117 Å². The molecule has 0 bridgehead atoms. The number of hydrogen-bond donors (Lipinski definition) is 1. The van der Waals surface area contributed by atoms with E-state index in [1.165, 1.54) is 25.3 Å². The van der Waals surface area contributed by atoms with Crippen LogP contribution in [0.15, 0.2) is 46.5 Å². The maximum atomic E-state index is 14.4. The molecule has 3 atom stereocenters. The summed E-state index contributed by atoms with van der Waals surface area (Å²) in [6, 6.07) is 5.92. The van der Waals surface area contributed by atoms with Gasteiger partial charge in [-0.25, -0.2) is 4.79 Å². The Morgan fingerprint density at radius 3 is 2.21 bits per heavy atom. The number of nitro benzene ring substituents is 1. The van der Waals surface area contributed by atoms with Crippen molar-refractivity contribution in [3.63, 3.8) is 0 Å². The van der Waals surface area contributed by atoms with Crippen LogP contribution >= 0.6 is 7.60 Å². The molecule has 0 amide bonds. The van der Waals surface area contributed by atoms with Gasteiger partial charge in [-0.05, 0) is 46.1 Å². The second-order valence-corrected chi connectivity index (χ2v) is 10.00. The predicted octanol–water partition coefficient (Wildman–Crippen LogP) is 5.78. The van der Waals surface area contributed by atoms with Gasteiger partial charge in [-0.2, -0.15) is 0 Å². The van der Waals surface area contributed by atoms with Crippen molar-refractivity contribution in [1.29, 1.82) is 0 Å². The van der Waals surface area contributed by atoms with Crippen molar-refractivity contribution in [2.75, 3.05) is 7.11 Å². The molecule has 0 saturated carbocycles. The highest BCUT2D eigenvalue weighted by molar-refractivity contribution is 7.58. The summed E-state index contributed by atoms with van der Waals surface area (Å²) in [6.45, 7) is 10.8. The lowest BCUT2D eigenvalue weighted by Gasteiger charge is -2.36. The SMILES string of the molecule is CCC(C)OP(=O)(OC(C)CC)C1=C(C)NC(C)=C(C(=O)OC)C1c1cccc([N+](=O)[O-])c1. The maximum absolute atomic E-state index is 14.4. The number of nitrogens with zero attached hydrogens (tertiary/aromatic N) is 1. The van der Waals surface area contributed by atoms with Crippen LogP contribution in [0, 0.1) is 10.1 Å². The van der Waals surface area contributed by atoms with Gasteiger partial charge in [-0.3, -0.25) is 14.7 Å². The number of non-ortho nitro benzene ring substituents is 1. The first kappa shape index (κ1) is 26.8. The lowest BCUT2D eigenvalue weighted by Crippen LogP contribution is -2.30. The molecule has 182 valence electrons. The number of carbonyl (C=O) groups is 1. The van der Waals surface area contributed by atoms with Crippen molar-refractivity contribution in [3.05, 3.63) is 62.2 Å². The first-order valence-electron chi connectivity index (χ1n) is 11.0. The molecule has 1 aliphatic rings. The van der Waals surface area contributed by atoms with Crippen LogP contribution < -0.4 is 5.32 Å². The van der Waals surface area contributed by atoms with Crippen LogP contribution in [-0.4, -0.2) is 30.2 Å². The van der Waals surface area contributed by atoms with Gasteiger partial charge in [0.2, 0.25) is 0 Å². The summed E-state index contributed by atoms with van der Waals surface area (Å²) in [7, 11) is -2.71. The monoisotopic (exact) mass is 480 g/mol. The van der Waals surface area contributed by atoms with Crippen LogP contribution in [0.25, 0.3) is 0 Å². The molecule has 1 heterocycles. The molecule has 0 radical (unpaired) electrons. The lowest BCUT2D eigenvalue weighted by molar-refractivity contribution is -0.384. The molecule has 0 aromatic heterocycles. The minimum absolute atomic E-state index is 0.148. The largest absolute Gasteiger partial charge is 0.466 e. The van der Waals surface area contributed by atoms with E-state index in [-0.39, 0.29) is 28.8 Å². The van der Waals surface area contributed by atoms with Gasteiger partial charge in [0.1, 0.15) is 0 Å². The molecule has 9 nitrogen and oxygen atoms in total. The molecule has 0 saturated heterocycles. The Bertz CT molecular complexity index is 1000. The molecule has 3 unspecified atom stereocenters. The third-order valence-corrected chi connectivity index (χ3v) is 8.09. The molecule has 1 aromatic rings. The second kappa shape index (κ2) is 11.1. The van der Waals surface area contributed by atoms with Crippen molar-refractivity contribution >= 4 is 19.3 Å². The van der Waals surface area contributed by atoms with Crippen LogP contribution in [-0.2, 0) is 23.1 Å². The van der Waals surface area contributed by atoms with E-state index in [2.05, 4.69) is 5.32 Å². The average molecular weight is 480 g/mol. The van der Waals surface area contributed by atoms with Crippen molar-refractivity contribution in [1.82, 2.24) is 5.32 Å². The van der Waals surface area contributed by atoms with Gasteiger partial charge in [0.15, 0.2) is 0 Å². The second-order valence-electron chi connectivity index (χ2n) is 8.10. The van der Waals surface area contributed by atoms with E-state index in [9.17, 15) is 19.5 Å². The van der Waals surface area contributed by atoms with E-state index in [4.69, 9.17) is 13.8 Å². The molecule has 0 fully saturated rings. The fraction of sp³-hybridized carbons (Fsp3) is 0.522. The number of dihydropyridines is 1. The molecule has 0 aliphatic carbocycles. The Morgan fingerprint density at radius 2 is 1.73 bits per heavy atom. The first-order valence-corrected chi connectivity index (χ1v) is 12.5. The quantitative estimate of drug-likeness (QED) is 0.194. The molecular formula is C23H33N2O7P. The predicted molar refractivity (Wildman–Crippen MR) is 126 cm³/mol. The molecular weight excluding hydrogens is 447 g/mol. The van der Waals surface area contributed by atoms with Gasteiger partial charge in [0, 0.05) is 23.5 Å². The molecule has 1 aliphatic heterocycles. The van der Waals surface area contributed by atoms with Crippen LogP contribution in [0.1, 0.15) is 65.9 Å². The highest BCUT2D eigenvalue weighted by Crippen LogP contribution is 2.65. The standard InChI is InChI=1S/C23H33N2O7P/c1-8-14(3)31-33(29,32-15(4)9-2)22-17(6)24-16(5)20(23(26)30-7)21(22)18-11-10-12-19(13-18)25(27)28/h10-15,21,24H,8-9H2,1-7H3. The molecule has 33 heavy (non-hydrogen) atoms. The number of hydrogen-bond acceptors (Lipinski definition) is 8. The molecule has 10 heteroatoms. The van der Waals surface area contributed by atoms with E-state index in [1.54, 1.807) is 33.8 Å². The number of esters is 1. The van der Waals surface area contributed by atoms with Gasteiger partial charge in [-0.15, -0.1) is 0 Å². The number of benzene rings is 1. The zero-order valence-corrected chi connectivity index (χ0v) is 21.1. The summed E-state index contributed by atoms with van der Waals surface area (Å²) in [5.41, 5.74) is 1.47. The highest BCUT2D eigenvalue weighted by Gasteiger charge is 2.46. The summed E-state index contributed by atoms with van der Waals surface area (Å²) in [4.78, 5) is 23.8. The fourth-order valence-corrected chi connectivity index (χ4v) is 6.21. The van der Waals surface area contributed by atoms with Gasteiger partial charge < -0.3 is 19.1 Å². The third-order valence-electron chi connectivity index (χ3n) is 5.63. The Kier molecular flexibility index (Phi) is 9.00. The van der Waals surface area contributed by atoms with E-state index in [0.29, 0.717) is 29.8 Å². The van der Waals surface area contributed by atoms with Crippen LogP contribution in [0.2, 0.25) is 0 Å². The highest BCUT2D eigenvalue weighted by atomic mass is 31.2. The summed E-state index contributed by atoms with van der Waals surface area (Å²) in [5.74, 6) is -1.56. The maximum Gasteiger partial charge on any atom is 0.360 e. The van der Waals surface area contributed by atoms with Crippen molar-refractivity contribution < 1.29 is 28.1 Å². The number of nitrogens with one attached hydrogen (secondary N) is 1. The van der Waals surface area contributed by atoms with Crippen LogP contribution in [0.3, 0.4) is 0 Å². The van der Waals surface area contributed by atoms with E-state index in [1.807, 2.05) is 13.8 Å². The number of methoxy groups -OCH3 is 1. The number of carbonyl (C=O) groups excluding carboxylic acids is 1. The number of rotatable bonds is 10. The summed E-state index contributed by atoms with van der Waals surface area (Å²) in [6.07, 6.45) is 0.404. The molecule has 1 N–H and O–H groups in total. The van der Waals surface area contributed by atoms with Gasteiger partial charge in [0.25, 0.3) is 5.69 Å². The Morgan fingerprint density at radius 1 is 1.15 bits per heavy atom. The van der Waals surface area contributed by atoms with E-state index in [0.717, 1.165) is 0 Å². The third kappa shape index (κ3) is 5.91. The number of allylic oxidation sites excluding steroid dienone is 3. The zero-order valence-electron chi connectivity index (χ0n) is 20.2. The minimum atomic E-state index is -3.97. The fourth-order valence-electron chi connectivity index (χ4n) is 3.63. The summed E-state index contributed by atoms with van der Waals surface area (Å²) < 4.78 is 31.5. The Hall–Kier alpha value is -2.48. The van der Waals surface area contributed by atoms with Gasteiger partial charge >= 0.3 is 13.6 Å². The minimum Gasteiger partial charge on any atom is -0.466 e. The zero-order chi connectivity index (χ0) is 24.9. The van der Waals surface area contributed by atoms with Gasteiger partial charge in [-0.1, -0.05) is 26.0 Å². The average Bonchev–Trinajstić information content (AvgIpc) is 2.77. The smallest absolute Gasteiger partial charge is 0.360 e. The van der Waals surface area contributed by atoms with Crippen LogP contribution in [0.4, 0.5) is 5.69 Å². The molecule has 0 spiro atoms.